The highest BCUT2D eigenvalue weighted by atomic mass is 35.5. The Bertz CT molecular complexity index is 1570. The minimum absolute atomic E-state index is 0.0411. The van der Waals surface area contributed by atoms with Gasteiger partial charge in [0.25, 0.3) is 5.91 Å². The number of amides is 2. The normalized spacial score (nSPS) is 16.5. The summed E-state index contributed by atoms with van der Waals surface area (Å²) in [4.78, 5) is 40.5. The lowest BCUT2D eigenvalue weighted by atomic mass is 9.92. The standard InChI is InChI=1S/C34H39ClN2O8/c1-20-9-10-21(11-14-30(40)41)15-25(20)36-29(39)17-28-33(42)37(18-34(2,3)19-38)26-13-12-22(35)16-24(26)31(45-28)23-7-6-8-27(43-4)32(23)44-5/h6-10,12-13,15-16,28,31,38H,11,14,17-19H2,1-5H3,(H,36,39)(H,40,41)/t28-,31-/m1/s1. The van der Waals surface area contributed by atoms with Crippen LogP contribution in [0.4, 0.5) is 11.4 Å². The van der Waals surface area contributed by atoms with E-state index in [9.17, 15) is 19.5 Å². The molecular formula is C34H39ClN2O8. The summed E-state index contributed by atoms with van der Waals surface area (Å²) in [6.07, 6.45) is -2.17. The zero-order valence-corrected chi connectivity index (χ0v) is 26.8. The summed E-state index contributed by atoms with van der Waals surface area (Å²) in [5, 5.41) is 22.5. The molecule has 0 fully saturated rings. The molecule has 3 aromatic carbocycles. The molecule has 45 heavy (non-hydrogen) atoms. The molecule has 0 saturated heterocycles. The molecule has 1 heterocycles. The number of aryl methyl sites for hydroxylation is 2. The van der Waals surface area contributed by atoms with E-state index in [-0.39, 0.29) is 26.0 Å². The first kappa shape index (κ1) is 33.8. The van der Waals surface area contributed by atoms with Gasteiger partial charge in [0.1, 0.15) is 12.2 Å². The summed E-state index contributed by atoms with van der Waals surface area (Å²) in [5.74, 6) is -0.961. The zero-order chi connectivity index (χ0) is 32.9. The van der Waals surface area contributed by atoms with E-state index in [0.29, 0.717) is 45.4 Å². The number of aliphatic hydroxyl groups excluding tert-OH is 1. The molecule has 1 aliphatic rings. The number of ether oxygens (including phenoxy) is 3. The first-order valence-electron chi connectivity index (χ1n) is 14.6. The first-order valence-corrected chi connectivity index (χ1v) is 14.9. The van der Waals surface area contributed by atoms with Crippen molar-refractivity contribution < 1.29 is 38.8 Å². The Balaban J connectivity index is 1.77. The van der Waals surface area contributed by atoms with Crippen molar-refractivity contribution in [2.75, 3.05) is 37.6 Å². The summed E-state index contributed by atoms with van der Waals surface area (Å²) in [5.41, 5.74) is 3.07. The van der Waals surface area contributed by atoms with Gasteiger partial charge in [0.15, 0.2) is 11.5 Å². The first-order chi connectivity index (χ1) is 21.4. The molecule has 2 atom stereocenters. The van der Waals surface area contributed by atoms with E-state index in [1.807, 2.05) is 32.9 Å². The number of rotatable bonds is 12. The average molecular weight is 639 g/mol. The number of nitrogens with zero attached hydrogens (tertiary/aromatic N) is 1. The molecule has 3 N–H and O–H groups in total. The third-order valence-corrected chi connectivity index (χ3v) is 7.94. The Morgan fingerprint density at radius 1 is 1.07 bits per heavy atom. The fraction of sp³-hybridized carbons (Fsp3) is 0.382. The number of aliphatic hydroxyl groups is 1. The van der Waals surface area contributed by atoms with Gasteiger partial charge in [0, 0.05) is 52.5 Å². The summed E-state index contributed by atoms with van der Waals surface area (Å²) in [6.45, 7) is 5.47. The summed E-state index contributed by atoms with van der Waals surface area (Å²) < 4.78 is 17.8. The highest BCUT2D eigenvalue weighted by Crippen LogP contribution is 2.45. The van der Waals surface area contributed by atoms with Crippen molar-refractivity contribution in [1.29, 1.82) is 0 Å². The molecule has 0 spiro atoms. The number of carboxylic acid groups (broad SMARTS) is 1. The number of hydrogen-bond acceptors (Lipinski definition) is 7. The molecule has 10 nitrogen and oxygen atoms in total. The smallest absolute Gasteiger partial charge is 0.303 e. The van der Waals surface area contributed by atoms with Crippen molar-refractivity contribution >= 4 is 40.8 Å². The minimum Gasteiger partial charge on any atom is -0.493 e. The molecular weight excluding hydrogens is 600 g/mol. The molecule has 2 amide bonds. The van der Waals surface area contributed by atoms with Crippen LogP contribution in [-0.4, -0.2) is 61.5 Å². The van der Waals surface area contributed by atoms with Crippen molar-refractivity contribution in [2.45, 2.75) is 52.2 Å². The van der Waals surface area contributed by atoms with E-state index in [0.717, 1.165) is 11.1 Å². The van der Waals surface area contributed by atoms with E-state index in [2.05, 4.69) is 5.32 Å². The van der Waals surface area contributed by atoms with Crippen LogP contribution in [0.25, 0.3) is 0 Å². The topological polar surface area (TPSA) is 135 Å². The predicted molar refractivity (Wildman–Crippen MR) is 171 cm³/mol. The third-order valence-electron chi connectivity index (χ3n) is 7.71. The fourth-order valence-corrected chi connectivity index (χ4v) is 5.47. The molecule has 0 radical (unpaired) electrons. The Morgan fingerprint density at radius 2 is 1.82 bits per heavy atom. The maximum absolute atomic E-state index is 14.3. The van der Waals surface area contributed by atoms with Gasteiger partial charge in [-0.3, -0.25) is 14.4 Å². The number of methoxy groups -OCH3 is 2. The van der Waals surface area contributed by atoms with Crippen LogP contribution < -0.4 is 19.7 Å². The molecule has 240 valence electrons. The Labute approximate surface area is 267 Å². The molecule has 3 aromatic rings. The van der Waals surface area contributed by atoms with Gasteiger partial charge in [-0.25, -0.2) is 0 Å². The van der Waals surface area contributed by atoms with Crippen LogP contribution in [0.5, 0.6) is 11.5 Å². The zero-order valence-electron chi connectivity index (χ0n) is 26.1. The third kappa shape index (κ3) is 7.94. The highest BCUT2D eigenvalue weighted by Gasteiger charge is 2.40. The fourth-order valence-electron chi connectivity index (χ4n) is 5.29. The lowest BCUT2D eigenvalue weighted by Crippen LogP contribution is -2.46. The van der Waals surface area contributed by atoms with Gasteiger partial charge in [-0.05, 0) is 54.8 Å². The highest BCUT2D eigenvalue weighted by molar-refractivity contribution is 6.30. The number of carbonyl (C=O) groups excluding carboxylic acids is 2. The molecule has 0 unspecified atom stereocenters. The van der Waals surface area contributed by atoms with E-state index in [1.165, 1.54) is 14.2 Å². The van der Waals surface area contributed by atoms with Crippen LogP contribution >= 0.6 is 11.6 Å². The van der Waals surface area contributed by atoms with Crippen molar-refractivity contribution in [3.05, 3.63) is 81.9 Å². The van der Waals surface area contributed by atoms with Crippen molar-refractivity contribution in [3.8, 4) is 11.5 Å². The van der Waals surface area contributed by atoms with Crippen molar-refractivity contribution in [1.82, 2.24) is 0 Å². The summed E-state index contributed by atoms with van der Waals surface area (Å²) >= 11 is 6.49. The Kier molecular flexibility index (Phi) is 10.7. The van der Waals surface area contributed by atoms with E-state index < -0.39 is 35.4 Å². The van der Waals surface area contributed by atoms with Gasteiger partial charge in [-0.1, -0.05) is 49.7 Å². The molecule has 0 aliphatic carbocycles. The number of nitrogens with one attached hydrogen (secondary N) is 1. The number of anilines is 2. The van der Waals surface area contributed by atoms with Gasteiger partial charge in [0.2, 0.25) is 5.91 Å². The second kappa shape index (κ2) is 14.3. The number of fused-ring (bicyclic) bond motifs is 1. The van der Waals surface area contributed by atoms with Gasteiger partial charge in [0.05, 0.1) is 20.6 Å². The van der Waals surface area contributed by atoms with E-state index in [4.69, 9.17) is 30.9 Å². The molecule has 0 aromatic heterocycles. The lowest BCUT2D eigenvalue weighted by molar-refractivity contribution is -0.137. The minimum atomic E-state index is -1.23. The quantitative estimate of drug-likeness (QED) is 0.235. The lowest BCUT2D eigenvalue weighted by Gasteiger charge is -2.32. The van der Waals surface area contributed by atoms with Crippen LogP contribution in [0, 0.1) is 12.3 Å². The number of benzene rings is 3. The Hall–Kier alpha value is -4.12. The molecule has 11 heteroatoms. The van der Waals surface area contributed by atoms with Crippen molar-refractivity contribution in [2.24, 2.45) is 5.41 Å². The number of hydrogen-bond donors (Lipinski definition) is 3. The van der Waals surface area contributed by atoms with E-state index in [1.54, 1.807) is 47.4 Å². The van der Waals surface area contributed by atoms with Crippen LogP contribution in [0.1, 0.15) is 55.0 Å². The molecule has 1 aliphatic heterocycles. The van der Waals surface area contributed by atoms with Crippen LogP contribution in [0.15, 0.2) is 54.6 Å². The largest absolute Gasteiger partial charge is 0.493 e. The van der Waals surface area contributed by atoms with Crippen molar-refractivity contribution in [3.63, 3.8) is 0 Å². The van der Waals surface area contributed by atoms with Crippen LogP contribution in [0.3, 0.4) is 0 Å². The molecule has 4 rings (SSSR count). The van der Waals surface area contributed by atoms with Crippen LogP contribution in [0.2, 0.25) is 5.02 Å². The van der Waals surface area contributed by atoms with E-state index >= 15 is 0 Å². The average Bonchev–Trinajstić information content (AvgIpc) is 3.11. The number of aliphatic carboxylic acids is 1. The maximum Gasteiger partial charge on any atom is 0.303 e. The van der Waals surface area contributed by atoms with Gasteiger partial charge in [-0.15, -0.1) is 0 Å². The number of halogens is 1. The predicted octanol–water partition coefficient (Wildman–Crippen LogP) is 5.55. The number of para-hydroxylation sites is 1. The summed E-state index contributed by atoms with van der Waals surface area (Å²) in [7, 11) is 3.03. The van der Waals surface area contributed by atoms with Gasteiger partial charge in [-0.2, -0.15) is 0 Å². The van der Waals surface area contributed by atoms with Crippen LogP contribution in [-0.2, 0) is 25.5 Å². The summed E-state index contributed by atoms with van der Waals surface area (Å²) in [6, 6.07) is 15.8. The molecule has 0 bridgehead atoms. The Morgan fingerprint density at radius 3 is 2.49 bits per heavy atom. The number of carboxylic acids is 1. The maximum atomic E-state index is 14.3. The molecule has 0 saturated carbocycles. The van der Waals surface area contributed by atoms with Gasteiger partial charge >= 0.3 is 5.97 Å². The number of carbonyl (C=O) groups is 3. The SMILES string of the molecule is COc1cccc([C@H]2O[C@H](CC(=O)Nc3cc(CCC(=O)O)ccc3C)C(=O)N(CC(C)(C)CO)c3ccc(Cl)cc32)c1OC. The monoisotopic (exact) mass is 638 g/mol. The second-order valence-corrected chi connectivity index (χ2v) is 12.3. The van der Waals surface area contributed by atoms with Gasteiger partial charge < -0.3 is 34.6 Å². The second-order valence-electron chi connectivity index (χ2n) is 11.8.